The molecule has 216 valence electrons. The normalized spacial score (nSPS) is 22.8. The highest BCUT2D eigenvalue weighted by Gasteiger charge is 2.40. The van der Waals surface area contributed by atoms with Crippen molar-refractivity contribution >= 4 is 47.2 Å². The van der Waals surface area contributed by atoms with E-state index in [9.17, 15) is 24.3 Å². The highest BCUT2D eigenvalue weighted by molar-refractivity contribution is 8.03. The van der Waals surface area contributed by atoms with Gasteiger partial charge in [0.15, 0.2) is 0 Å². The smallest absolute Gasteiger partial charge is 0.244 e. The van der Waals surface area contributed by atoms with Gasteiger partial charge >= 0.3 is 0 Å². The maximum Gasteiger partial charge on any atom is 0.244 e. The molecule has 0 radical (unpaired) electrons. The van der Waals surface area contributed by atoms with Gasteiger partial charge in [0.1, 0.15) is 23.9 Å². The van der Waals surface area contributed by atoms with E-state index in [-0.39, 0.29) is 18.6 Å². The number of nitrogens with two attached hydrogens (primary N) is 2. The molecule has 1 saturated heterocycles. The maximum absolute atomic E-state index is 13.8. The van der Waals surface area contributed by atoms with Crippen LogP contribution in [0.5, 0.6) is 5.75 Å². The van der Waals surface area contributed by atoms with Crippen molar-refractivity contribution in [1.82, 2.24) is 16.0 Å². The summed E-state index contributed by atoms with van der Waals surface area (Å²) in [5.74, 6) is -0.564. The minimum absolute atomic E-state index is 0.107. The predicted octanol–water partition coefficient (Wildman–Crippen LogP) is 0.703. The number of thioether (sulfide) groups is 2. The number of hydrogen-bond acceptors (Lipinski definition) is 8. The molecule has 0 saturated carbocycles. The van der Waals surface area contributed by atoms with Crippen LogP contribution in [0.15, 0.2) is 54.6 Å². The zero-order valence-electron chi connectivity index (χ0n) is 22.6. The summed E-state index contributed by atoms with van der Waals surface area (Å²) in [5, 5.41) is 17.8. The molecule has 1 aliphatic rings. The van der Waals surface area contributed by atoms with Gasteiger partial charge < -0.3 is 32.5 Å². The number of phenolic OH excluding ortho intramolecular Hbond substituents is 1. The molecule has 2 aromatic rings. The molecule has 1 aliphatic heterocycles. The molecule has 0 spiro atoms. The van der Waals surface area contributed by atoms with Gasteiger partial charge in [-0.1, -0.05) is 42.5 Å². The van der Waals surface area contributed by atoms with Gasteiger partial charge in [-0.3, -0.25) is 19.2 Å². The summed E-state index contributed by atoms with van der Waals surface area (Å²) in [4.78, 5) is 52.3. The first kappa shape index (κ1) is 31.3. The number of carbonyl (C=O) groups excluding carboxylic acids is 4. The summed E-state index contributed by atoms with van der Waals surface area (Å²) in [6, 6.07) is 11.7. The molecule has 0 aliphatic carbocycles. The van der Waals surface area contributed by atoms with Gasteiger partial charge in [0.25, 0.3) is 0 Å². The van der Waals surface area contributed by atoms with Crippen molar-refractivity contribution in [3.05, 3.63) is 65.7 Å². The van der Waals surface area contributed by atoms with Gasteiger partial charge in [0, 0.05) is 28.4 Å². The van der Waals surface area contributed by atoms with Gasteiger partial charge in [0.2, 0.25) is 23.6 Å². The van der Waals surface area contributed by atoms with E-state index >= 15 is 0 Å². The topological polar surface area (TPSA) is 177 Å². The molecule has 10 nitrogen and oxygen atoms in total. The van der Waals surface area contributed by atoms with E-state index in [1.807, 2.05) is 44.2 Å². The van der Waals surface area contributed by atoms with Crippen LogP contribution >= 0.6 is 23.5 Å². The molecule has 8 N–H and O–H groups in total. The lowest BCUT2D eigenvalue weighted by molar-refractivity contribution is -0.133. The largest absolute Gasteiger partial charge is 0.508 e. The minimum Gasteiger partial charge on any atom is -0.508 e. The third-order valence-corrected chi connectivity index (χ3v) is 9.24. The molecule has 40 heavy (non-hydrogen) atoms. The number of carbonyl (C=O) groups is 4. The Kier molecular flexibility index (Phi) is 11.3. The van der Waals surface area contributed by atoms with E-state index in [0.717, 1.165) is 11.1 Å². The Morgan fingerprint density at radius 2 is 1.70 bits per heavy atom. The number of primary amides is 1. The summed E-state index contributed by atoms with van der Waals surface area (Å²) in [6.07, 6.45) is 0.379. The van der Waals surface area contributed by atoms with Crippen LogP contribution < -0.4 is 27.4 Å². The molecule has 1 heterocycles. The van der Waals surface area contributed by atoms with Crippen LogP contribution in [0.1, 0.15) is 25.0 Å². The van der Waals surface area contributed by atoms with E-state index in [2.05, 4.69) is 16.0 Å². The van der Waals surface area contributed by atoms with Gasteiger partial charge in [0.05, 0.1) is 6.04 Å². The van der Waals surface area contributed by atoms with Crippen LogP contribution in [0.3, 0.4) is 0 Å². The summed E-state index contributed by atoms with van der Waals surface area (Å²) in [6.45, 7) is 3.72. The summed E-state index contributed by atoms with van der Waals surface area (Å²) < 4.78 is -0.760. The number of nitrogens with one attached hydrogen (secondary N) is 3. The van der Waals surface area contributed by atoms with E-state index in [4.69, 9.17) is 11.5 Å². The van der Waals surface area contributed by atoms with E-state index in [1.165, 1.54) is 35.7 Å². The average molecular weight is 588 g/mol. The molecule has 2 aromatic carbocycles. The zero-order valence-corrected chi connectivity index (χ0v) is 24.2. The van der Waals surface area contributed by atoms with Gasteiger partial charge in [-0.05, 0) is 43.5 Å². The second-order valence-corrected chi connectivity index (χ2v) is 13.1. The van der Waals surface area contributed by atoms with Gasteiger partial charge in [-0.2, -0.15) is 23.5 Å². The quantitative estimate of drug-likeness (QED) is 0.274. The maximum atomic E-state index is 13.8. The number of rotatable bonds is 7. The van der Waals surface area contributed by atoms with Crippen LogP contribution in [0, 0.1) is 0 Å². The molecular formula is C28H37N5O5S2. The summed E-state index contributed by atoms with van der Waals surface area (Å²) >= 11 is 2.98. The van der Waals surface area contributed by atoms with Crippen LogP contribution in [0.2, 0.25) is 0 Å². The molecule has 0 bridgehead atoms. The Labute approximate surface area is 242 Å². The number of hydrogen-bond donors (Lipinski definition) is 6. The van der Waals surface area contributed by atoms with Crippen LogP contribution in [0.25, 0.3) is 0 Å². The SMILES string of the molecule is CC1(C)SCCSCC(C(N)=O)NC(=O)[C@H](Cc2ccccc2)NC(=O)C1NC(=O)[C@@H](N)Cc1ccc(O)cc1. The Morgan fingerprint density at radius 3 is 2.35 bits per heavy atom. The molecule has 0 aromatic heterocycles. The molecule has 12 heteroatoms. The van der Waals surface area contributed by atoms with Crippen molar-refractivity contribution in [2.75, 3.05) is 17.3 Å². The van der Waals surface area contributed by atoms with Crippen molar-refractivity contribution in [3.63, 3.8) is 0 Å². The number of aromatic hydroxyl groups is 1. The Bertz CT molecular complexity index is 1180. The van der Waals surface area contributed by atoms with Crippen molar-refractivity contribution in [2.24, 2.45) is 11.5 Å². The molecule has 2 unspecified atom stereocenters. The van der Waals surface area contributed by atoms with Crippen LogP contribution in [0.4, 0.5) is 0 Å². The van der Waals surface area contributed by atoms with Crippen molar-refractivity contribution in [3.8, 4) is 5.75 Å². The Morgan fingerprint density at radius 1 is 1.02 bits per heavy atom. The fourth-order valence-electron chi connectivity index (χ4n) is 4.21. The highest BCUT2D eigenvalue weighted by atomic mass is 32.2. The highest BCUT2D eigenvalue weighted by Crippen LogP contribution is 2.30. The molecular weight excluding hydrogens is 550 g/mol. The monoisotopic (exact) mass is 587 g/mol. The lowest BCUT2D eigenvalue weighted by atomic mass is 9.98. The predicted molar refractivity (Wildman–Crippen MR) is 159 cm³/mol. The fraction of sp³-hybridized carbons (Fsp3) is 0.429. The standard InChI is InChI=1S/C28H37N5O5S2/c1-28(2)23(33-25(36)20(29)14-18-8-10-19(34)11-9-18)27(38)31-21(15-17-6-4-3-5-7-17)26(37)32-22(24(30)35)16-39-12-13-40-28/h3-11,20-23,34H,12-16,29H2,1-2H3,(H2,30,35)(H,31,38)(H,32,37)(H,33,36)/t20-,21-,22?,23?/m0/s1. The molecule has 4 amide bonds. The van der Waals surface area contributed by atoms with E-state index in [1.54, 1.807) is 12.1 Å². The molecule has 1 fully saturated rings. The Balaban J connectivity index is 1.86. The Hall–Kier alpha value is -3.22. The minimum atomic E-state index is -1.02. The first-order valence-electron chi connectivity index (χ1n) is 13.0. The van der Waals surface area contributed by atoms with Crippen molar-refractivity contribution in [1.29, 1.82) is 0 Å². The van der Waals surface area contributed by atoms with Crippen LogP contribution in [-0.4, -0.2) is 74.9 Å². The number of amides is 4. The fourth-order valence-corrected chi connectivity index (χ4v) is 6.53. The van der Waals surface area contributed by atoms with Crippen LogP contribution in [-0.2, 0) is 32.0 Å². The van der Waals surface area contributed by atoms with E-state index < -0.39 is 52.5 Å². The summed E-state index contributed by atoms with van der Waals surface area (Å²) in [5.41, 5.74) is 13.3. The summed E-state index contributed by atoms with van der Waals surface area (Å²) in [7, 11) is 0. The first-order chi connectivity index (χ1) is 19.0. The lowest BCUT2D eigenvalue weighted by Gasteiger charge is -2.35. The van der Waals surface area contributed by atoms with Gasteiger partial charge in [-0.15, -0.1) is 0 Å². The first-order valence-corrected chi connectivity index (χ1v) is 15.1. The number of benzene rings is 2. The van der Waals surface area contributed by atoms with Crippen molar-refractivity contribution < 1.29 is 24.3 Å². The third kappa shape index (κ3) is 9.17. The lowest BCUT2D eigenvalue weighted by Crippen LogP contribution is -2.62. The van der Waals surface area contributed by atoms with E-state index in [0.29, 0.717) is 17.3 Å². The van der Waals surface area contributed by atoms with Crippen molar-refractivity contribution in [2.45, 2.75) is 55.6 Å². The average Bonchev–Trinajstić information content (AvgIpc) is 2.91. The second kappa shape index (κ2) is 14.4. The third-order valence-electron chi connectivity index (χ3n) is 6.53. The molecule has 3 rings (SSSR count). The zero-order chi connectivity index (χ0) is 29.3. The number of phenols is 1. The second-order valence-electron chi connectivity index (χ2n) is 10.2. The molecule has 4 atom stereocenters. The van der Waals surface area contributed by atoms with Gasteiger partial charge in [-0.25, -0.2) is 0 Å².